The number of hydrogen-bond donors (Lipinski definition) is 5. The number of pyridine rings is 1. The average Bonchev–Trinajstić information content (AvgIpc) is 2.96. The molecule has 0 bridgehead atoms. The van der Waals surface area contributed by atoms with Gasteiger partial charge in [0.15, 0.2) is 0 Å². The fourth-order valence-corrected chi connectivity index (χ4v) is 3.80. The van der Waals surface area contributed by atoms with Crippen molar-refractivity contribution in [3.05, 3.63) is 17.8 Å². The van der Waals surface area contributed by atoms with Crippen molar-refractivity contribution in [1.82, 2.24) is 4.98 Å². The van der Waals surface area contributed by atoms with Crippen LogP contribution in [0, 0.1) is 5.92 Å². The van der Waals surface area contributed by atoms with Crippen LogP contribution in [0.15, 0.2) is 12.3 Å². The number of nitrogens with one attached hydrogen (secondary N) is 2. The van der Waals surface area contributed by atoms with Gasteiger partial charge in [0, 0.05) is 18.3 Å². The Bertz CT molecular complexity index is 624. The predicted octanol–water partition coefficient (Wildman–Crippen LogP) is 1.47. The standard InChI is InChI=1S/C18H28N4O3/c1-10-5-6-11(7-16(10)24)21-14-8-17(20-9-12(14)18(19)25)22-13-3-2-4-15(13)23/h8-11,13,15-16,23-24H,2-7H2,1H3,(H2,19,25)(H2,20,21,22)/t10-,11-,13?,15?,16-/m1/s1. The van der Waals surface area contributed by atoms with Gasteiger partial charge >= 0.3 is 0 Å². The maximum atomic E-state index is 11.7. The molecular formula is C18H28N4O3. The molecule has 0 spiro atoms. The third-order valence-electron chi connectivity index (χ3n) is 5.50. The summed E-state index contributed by atoms with van der Waals surface area (Å²) in [4.78, 5) is 16.0. The summed E-state index contributed by atoms with van der Waals surface area (Å²) in [6.45, 7) is 2.05. The lowest BCUT2D eigenvalue weighted by Crippen LogP contribution is -2.35. The van der Waals surface area contributed by atoms with Crippen molar-refractivity contribution in [2.75, 3.05) is 10.6 Å². The molecule has 138 valence electrons. The molecule has 2 unspecified atom stereocenters. The SMILES string of the molecule is C[C@@H]1CC[C@@H](Nc2cc(NC3CCCC3O)ncc2C(N)=O)C[C@H]1O. The molecule has 0 aromatic carbocycles. The molecule has 7 heteroatoms. The Labute approximate surface area is 148 Å². The van der Waals surface area contributed by atoms with Crippen molar-refractivity contribution < 1.29 is 15.0 Å². The molecule has 6 N–H and O–H groups in total. The molecule has 2 fully saturated rings. The van der Waals surface area contributed by atoms with Gasteiger partial charge in [-0.15, -0.1) is 0 Å². The van der Waals surface area contributed by atoms with Crippen LogP contribution in [-0.2, 0) is 0 Å². The molecule has 2 aliphatic carbocycles. The van der Waals surface area contributed by atoms with Crippen molar-refractivity contribution in [2.24, 2.45) is 11.7 Å². The van der Waals surface area contributed by atoms with Crippen LogP contribution < -0.4 is 16.4 Å². The second-order valence-electron chi connectivity index (χ2n) is 7.43. The summed E-state index contributed by atoms with van der Waals surface area (Å²) in [6.07, 6.45) is 5.96. The molecule has 2 aliphatic rings. The summed E-state index contributed by atoms with van der Waals surface area (Å²) in [5.41, 5.74) is 6.44. The molecule has 7 nitrogen and oxygen atoms in total. The Hall–Kier alpha value is -1.86. The second kappa shape index (κ2) is 7.58. The highest BCUT2D eigenvalue weighted by Gasteiger charge is 2.28. The minimum absolute atomic E-state index is 0.0165. The topological polar surface area (TPSA) is 121 Å². The molecule has 0 radical (unpaired) electrons. The number of primary amides is 1. The Kier molecular flexibility index (Phi) is 5.44. The summed E-state index contributed by atoms with van der Waals surface area (Å²) >= 11 is 0. The maximum Gasteiger partial charge on any atom is 0.252 e. The van der Waals surface area contributed by atoms with Crippen molar-refractivity contribution in [2.45, 2.75) is 69.7 Å². The van der Waals surface area contributed by atoms with E-state index in [0.717, 1.165) is 32.1 Å². The van der Waals surface area contributed by atoms with Crippen LogP contribution in [0.2, 0.25) is 0 Å². The number of aliphatic hydroxyl groups is 2. The fourth-order valence-electron chi connectivity index (χ4n) is 3.80. The van der Waals surface area contributed by atoms with Gasteiger partial charge in [0.05, 0.1) is 29.5 Å². The van der Waals surface area contributed by atoms with E-state index in [1.807, 2.05) is 0 Å². The van der Waals surface area contributed by atoms with Gasteiger partial charge in [-0.25, -0.2) is 4.98 Å². The van der Waals surface area contributed by atoms with Gasteiger partial charge in [-0.1, -0.05) is 6.92 Å². The summed E-state index contributed by atoms with van der Waals surface area (Å²) < 4.78 is 0. The fraction of sp³-hybridized carbons (Fsp3) is 0.667. The third-order valence-corrected chi connectivity index (χ3v) is 5.50. The molecule has 1 heterocycles. The van der Waals surface area contributed by atoms with Gasteiger partial charge in [-0.2, -0.15) is 0 Å². The summed E-state index contributed by atoms with van der Waals surface area (Å²) in [5, 5.41) is 26.7. The molecule has 0 aliphatic heterocycles. The quantitative estimate of drug-likeness (QED) is 0.549. The van der Waals surface area contributed by atoms with E-state index in [1.165, 1.54) is 6.20 Å². The number of aliphatic hydroxyl groups excluding tert-OH is 2. The van der Waals surface area contributed by atoms with E-state index in [4.69, 9.17) is 5.73 Å². The van der Waals surface area contributed by atoms with Crippen LogP contribution in [0.4, 0.5) is 11.5 Å². The molecule has 5 atom stereocenters. The number of nitrogens with zero attached hydrogens (tertiary/aromatic N) is 1. The minimum Gasteiger partial charge on any atom is -0.393 e. The molecule has 1 aromatic heterocycles. The number of carbonyl (C=O) groups is 1. The molecule has 1 aromatic rings. The van der Waals surface area contributed by atoms with Crippen molar-refractivity contribution in [3.63, 3.8) is 0 Å². The van der Waals surface area contributed by atoms with E-state index in [1.54, 1.807) is 6.07 Å². The van der Waals surface area contributed by atoms with E-state index < -0.39 is 5.91 Å². The normalized spacial score (nSPS) is 32.4. The van der Waals surface area contributed by atoms with Gasteiger partial charge in [-0.05, 0) is 44.4 Å². The number of aromatic nitrogens is 1. The highest BCUT2D eigenvalue weighted by molar-refractivity contribution is 5.98. The highest BCUT2D eigenvalue weighted by atomic mass is 16.3. The van der Waals surface area contributed by atoms with Crippen molar-refractivity contribution in [1.29, 1.82) is 0 Å². The van der Waals surface area contributed by atoms with E-state index in [-0.39, 0.29) is 24.3 Å². The number of anilines is 2. The molecular weight excluding hydrogens is 320 g/mol. The Morgan fingerprint density at radius 1 is 1.20 bits per heavy atom. The zero-order chi connectivity index (χ0) is 18.0. The zero-order valence-electron chi connectivity index (χ0n) is 14.6. The monoisotopic (exact) mass is 348 g/mol. The van der Waals surface area contributed by atoms with E-state index in [0.29, 0.717) is 29.4 Å². The van der Waals surface area contributed by atoms with E-state index >= 15 is 0 Å². The molecule has 25 heavy (non-hydrogen) atoms. The number of rotatable bonds is 5. The van der Waals surface area contributed by atoms with Crippen LogP contribution in [0.1, 0.15) is 55.8 Å². The lowest BCUT2D eigenvalue weighted by molar-refractivity contribution is 0.0740. The van der Waals surface area contributed by atoms with Crippen LogP contribution in [0.5, 0.6) is 0 Å². The van der Waals surface area contributed by atoms with Crippen LogP contribution in [-0.4, -0.2) is 45.4 Å². The Balaban J connectivity index is 1.75. The maximum absolute atomic E-state index is 11.7. The first-order valence-electron chi connectivity index (χ1n) is 9.13. The lowest BCUT2D eigenvalue weighted by atomic mass is 9.84. The van der Waals surface area contributed by atoms with Gasteiger partial charge in [0.1, 0.15) is 5.82 Å². The summed E-state index contributed by atoms with van der Waals surface area (Å²) in [7, 11) is 0. The van der Waals surface area contributed by atoms with E-state index in [9.17, 15) is 15.0 Å². The first kappa shape index (κ1) is 17.9. The largest absolute Gasteiger partial charge is 0.393 e. The molecule has 2 saturated carbocycles. The van der Waals surface area contributed by atoms with Crippen molar-refractivity contribution >= 4 is 17.4 Å². The second-order valence-corrected chi connectivity index (χ2v) is 7.43. The van der Waals surface area contributed by atoms with Crippen LogP contribution in [0.3, 0.4) is 0 Å². The smallest absolute Gasteiger partial charge is 0.252 e. The molecule has 0 saturated heterocycles. The predicted molar refractivity (Wildman–Crippen MR) is 96.5 cm³/mol. The Morgan fingerprint density at radius 2 is 2.00 bits per heavy atom. The first-order chi connectivity index (χ1) is 11.9. The van der Waals surface area contributed by atoms with Crippen molar-refractivity contribution in [3.8, 4) is 0 Å². The van der Waals surface area contributed by atoms with Gasteiger partial charge in [0.25, 0.3) is 5.91 Å². The zero-order valence-corrected chi connectivity index (χ0v) is 14.6. The first-order valence-corrected chi connectivity index (χ1v) is 9.13. The summed E-state index contributed by atoms with van der Waals surface area (Å²) in [5.74, 6) is 0.377. The van der Waals surface area contributed by atoms with Gasteiger partial charge < -0.3 is 26.6 Å². The van der Waals surface area contributed by atoms with E-state index in [2.05, 4.69) is 22.5 Å². The number of carbonyl (C=O) groups excluding carboxylic acids is 1. The number of nitrogens with two attached hydrogens (primary N) is 1. The van der Waals surface area contributed by atoms with Crippen LogP contribution >= 0.6 is 0 Å². The van der Waals surface area contributed by atoms with Crippen LogP contribution in [0.25, 0.3) is 0 Å². The third kappa shape index (κ3) is 4.22. The average molecular weight is 348 g/mol. The molecule has 1 amide bonds. The molecule has 3 rings (SSSR count). The Morgan fingerprint density at radius 3 is 2.64 bits per heavy atom. The number of hydrogen-bond acceptors (Lipinski definition) is 6. The lowest BCUT2D eigenvalue weighted by Gasteiger charge is -2.32. The van der Waals surface area contributed by atoms with Gasteiger partial charge in [-0.3, -0.25) is 4.79 Å². The highest BCUT2D eigenvalue weighted by Crippen LogP contribution is 2.29. The summed E-state index contributed by atoms with van der Waals surface area (Å²) in [6, 6.07) is 1.85. The minimum atomic E-state index is -0.535. The number of amides is 1. The van der Waals surface area contributed by atoms with Gasteiger partial charge in [0.2, 0.25) is 0 Å².